The first-order chi connectivity index (χ1) is 9.29. The summed E-state index contributed by atoms with van der Waals surface area (Å²) < 4.78 is 0. The summed E-state index contributed by atoms with van der Waals surface area (Å²) in [5.74, 6) is 1.83. The van der Waals surface area contributed by atoms with E-state index in [4.69, 9.17) is 0 Å². The molecule has 1 atom stereocenters. The number of nitrogens with zero attached hydrogens (tertiary/aromatic N) is 3. The zero-order chi connectivity index (χ0) is 13.1. The van der Waals surface area contributed by atoms with Gasteiger partial charge in [0.15, 0.2) is 0 Å². The Bertz CT molecular complexity index is 419. The van der Waals surface area contributed by atoms with Gasteiger partial charge in [-0.15, -0.1) is 0 Å². The fraction of sp³-hybridized carbons (Fsp3) is 0.692. The van der Waals surface area contributed by atoms with Crippen LogP contribution in [-0.4, -0.2) is 60.2 Å². The van der Waals surface area contributed by atoms with Crippen molar-refractivity contribution >= 4 is 11.6 Å². The summed E-state index contributed by atoms with van der Waals surface area (Å²) in [6.07, 6.45) is 4.09. The van der Waals surface area contributed by atoms with Crippen LogP contribution in [0.3, 0.4) is 0 Å². The maximum atomic E-state index is 4.31. The number of nitrogens with one attached hydrogen (secondary N) is 3. The minimum absolute atomic E-state index is 0.492. The van der Waals surface area contributed by atoms with Crippen LogP contribution in [-0.2, 0) is 0 Å². The molecule has 3 heterocycles. The van der Waals surface area contributed by atoms with Gasteiger partial charge in [0.1, 0.15) is 18.0 Å². The molecule has 0 aliphatic carbocycles. The summed E-state index contributed by atoms with van der Waals surface area (Å²) in [5.41, 5.74) is 0. The van der Waals surface area contributed by atoms with Gasteiger partial charge in [-0.25, -0.2) is 9.97 Å². The number of hydrogen-bond donors (Lipinski definition) is 3. The predicted molar refractivity (Wildman–Crippen MR) is 76.5 cm³/mol. The predicted octanol–water partition coefficient (Wildman–Crippen LogP) is 0.366. The van der Waals surface area contributed by atoms with Gasteiger partial charge in [-0.1, -0.05) is 0 Å². The zero-order valence-corrected chi connectivity index (χ0v) is 11.4. The van der Waals surface area contributed by atoms with Crippen molar-refractivity contribution in [3.05, 3.63) is 12.4 Å². The maximum Gasteiger partial charge on any atom is 0.131 e. The zero-order valence-electron chi connectivity index (χ0n) is 11.4. The number of aromatic nitrogens is 2. The van der Waals surface area contributed by atoms with Crippen molar-refractivity contribution in [2.75, 3.05) is 43.9 Å². The summed E-state index contributed by atoms with van der Waals surface area (Å²) in [7, 11) is 2.17. The molecule has 6 heteroatoms. The highest BCUT2D eigenvalue weighted by Crippen LogP contribution is 2.16. The third-order valence-electron chi connectivity index (χ3n) is 3.78. The van der Waals surface area contributed by atoms with Crippen LogP contribution in [0.2, 0.25) is 0 Å². The van der Waals surface area contributed by atoms with Gasteiger partial charge in [0.25, 0.3) is 0 Å². The van der Waals surface area contributed by atoms with Crippen LogP contribution in [0.15, 0.2) is 12.4 Å². The Labute approximate surface area is 114 Å². The van der Waals surface area contributed by atoms with Gasteiger partial charge in [-0.3, -0.25) is 0 Å². The molecular formula is C13H22N6. The van der Waals surface area contributed by atoms with E-state index in [9.17, 15) is 0 Å². The molecule has 0 spiro atoms. The first-order valence-corrected chi connectivity index (χ1v) is 7.04. The Morgan fingerprint density at radius 1 is 1.21 bits per heavy atom. The normalized spacial score (nSPS) is 24.8. The summed E-state index contributed by atoms with van der Waals surface area (Å²) in [6, 6.07) is 3.00. The first-order valence-electron chi connectivity index (χ1n) is 7.04. The molecule has 0 radical (unpaired) electrons. The van der Waals surface area contributed by atoms with Crippen molar-refractivity contribution < 1.29 is 0 Å². The minimum Gasteiger partial charge on any atom is -0.366 e. The number of anilines is 2. The standard InChI is InChI=1S/C13H22N6/c1-19-4-2-3-10(8-19)17-12-5-13(16-9-15-12)18-11-6-14-7-11/h5,9-11,14H,2-4,6-8H2,1H3,(H2,15,16,17,18). The monoisotopic (exact) mass is 262 g/mol. The number of hydrogen-bond acceptors (Lipinski definition) is 6. The molecule has 6 nitrogen and oxygen atoms in total. The van der Waals surface area contributed by atoms with Crippen LogP contribution in [0, 0.1) is 0 Å². The van der Waals surface area contributed by atoms with Gasteiger partial charge >= 0.3 is 0 Å². The second kappa shape index (κ2) is 5.71. The van der Waals surface area contributed by atoms with Crippen molar-refractivity contribution in [1.29, 1.82) is 0 Å². The molecule has 2 saturated heterocycles. The molecule has 0 aromatic carbocycles. The summed E-state index contributed by atoms with van der Waals surface area (Å²) >= 11 is 0. The van der Waals surface area contributed by atoms with E-state index in [0.29, 0.717) is 12.1 Å². The van der Waals surface area contributed by atoms with Gasteiger partial charge < -0.3 is 20.9 Å². The summed E-state index contributed by atoms with van der Waals surface area (Å²) in [6.45, 7) is 4.31. The second-order valence-corrected chi connectivity index (χ2v) is 5.53. The summed E-state index contributed by atoms with van der Waals surface area (Å²) in [5, 5.41) is 10.2. The van der Waals surface area contributed by atoms with Crippen molar-refractivity contribution in [2.24, 2.45) is 0 Å². The first kappa shape index (κ1) is 12.6. The Kier molecular flexibility index (Phi) is 3.79. The van der Waals surface area contributed by atoms with Crippen molar-refractivity contribution in [3.63, 3.8) is 0 Å². The number of likely N-dealkylation sites (tertiary alicyclic amines) is 1. The SMILES string of the molecule is CN1CCCC(Nc2cc(NC3CNC3)ncn2)C1. The largest absolute Gasteiger partial charge is 0.366 e. The smallest absolute Gasteiger partial charge is 0.131 e. The average Bonchev–Trinajstić information content (AvgIpc) is 2.34. The van der Waals surface area contributed by atoms with Gasteiger partial charge in [-0.2, -0.15) is 0 Å². The highest BCUT2D eigenvalue weighted by molar-refractivity contribution is 5.48. The number of likely N-dealkylation sites (N-methyl/N-ethyl adjacent to an activating group) is 1. The van der Waals surface area contributed by atoms with Crippen molar-refractivity contribution in [3.8, 4) is 0 Å². The van der Waals surface area contributed by atoms with Gasteiger partial charge in [-0.05, 0) is 26.4 Å². The van der Waals surface area contributed by atoms with E-state index < -0.39 is 0 Å². The molecule has 3 N–H and O–H groups in total. The lowest BCUT2D eigenvalue weighted by Gasteiger charge is -2.31. The Hall–Kier alpha value is -1.40. The molecule has 1 aromatic rings. The van der Waals surface area contributed by atoms with E-state index in [2.05, 4.69) is 37.9 Å². The molecule has 0 amide bonds. The van der Waals surface area contributed by atoms with E-state index >= 15 is 0 Å². The minimum atomic E-state index is 0.492. The average molecular weight is 262 g/mol. The molecule has 19 heavy (non-hydrogen) atoms. The molecule has 0 bridgehead atoms. The molecular weight excluding hydrogens is 240 g/mol. The van der Waals surface area contributed by atoms with Crippen molar-refractivity contribution in [2.45, 2.75) is 24.9 Å². The third-order valence-corrected chi connectivity index (χ3v) is 3.78. The fourth-order valence-electron chi connectivity index (χ4n) is 2.61. The highest BCUT2D eigenvalue weighted by Gasteiger charge is 2.19. The molecule has 2 aliphatic rings. The van der Waals surface area contributed by atoms with Crippen LogP contribution in [0.5, 0.6) is 0 Å². The molecule has 3 rings (SSSR count). The van der Waals surface area contributed by atoms with E-state index in [0.717, 1.165) is 31.3 Å². The number of rotatable bonds is 4. The Balaban J connectivity index is 1.58. The molecule has 1 unspecified atom stereocenters. The van der Waals surface area contributed by atoms with E-state index in [-0.39, 0.29) is 0 Å². The maximum absolute atomic E-state index is 4.31. The van der Waals surface area contributed by atoms with Crippen LogP contribution in [0.4, 0.5) is 11.6 Å². The number of piperidine rings is 1. The lowest BCUT2D eigenvalue weighted by Crippen LogP contribution is -2.51. The molecule has 2 fully saturated rings. The van der Waals surface area contributed by atoms with E-state index in [1.54, 1.807) is 6.33 Å². The third kappa shape index (κ3) is 3.33. The van der Waals surface area contributed by atoms with Crippen LogP contribution in [0.1, 0.15) is 12.8 Å². The molecule has 0 saturated carbocycles. The summed E-state index contributed by atoms with van der Waals surface area (Å²) in [4.78, 5) is 10.9. The van der Waals surface area contributed by atoms with Gasteiger partial charge in [0.05, 0.1) is 6.04 Å². The van der Waals surface area contributed by atoms with Crippen LogP contribution >= 0.6 is 0 Å². The Morgan fingerprint density at radius 2 is 1.95 bits per heavy atom. The highest BCUT2D eigenvalue weighted by atomic mass is 15.2. The molecule has 104 valence electrons. The topological polar surface area (TPSA) is 65.1 Å². The van der Waals surface area contributed by atoms with E-state index in [1.165, 1.54) is 19.4 Å². The quantitative estimate of drug-likeness (QED) is 0.728. The van der Waals surface area contributed by atoms with Crippen molar-refractivity contribution in [1.82, 2.24) is 20.2 Å². The lowest BCUT2D eigenvalue weighted by atomic mass is 10.1. The fourth-order valence-corrected chi connectivity index (χ4v) is 2.61. The lowest BCUT2D eigenvalue weighted by molar-refractivity contribution is 0.261. The molecule has 1 aromatic heterocycles. The van der Waals surface area contributed by atoms with Crippen LogP contribution in [0.25, 0.3) is 0 Å². The van der Waals surface area contributed by atoms with Gasteiger partial charge in [0.2, 0.25) is 0 Å². The van der Waals surface area contributed by atoms with Crippen LogP contribution < -0.4 is 16.0 Å². The van der Waals surface area contributed by atoms with E-state index in [1.807, 2.05) is 6.07 Å². The van der Waals surface area contributed by atoms with Gasteiger partial charge in [0, 0.05) is 31.7 Å². The Morgan fingerprint density at radius 3 is 2.58 bits per heavy atom. The molecule has 2 aliphatic heterocycles. The second-order valence-electron chi connectivity index (χ2n) is 5.53.